The second-order valence-electron chi connectivity index (χ2n) is 3.13. The highest BCUT2D eigenvalue weighted by Gasteiger charge is 2.01. The van der Waals surface area contributed by atoms with Gasteiger partial charge in [-0.05, 0) is 24.5 Å². The number of aromatic amines is 1. The van der Waals surface area contributed by atoms with Gasteiger partial charge in [-0.25, -0.2) is 5.10 Å². The van der Waals surface area contributed by atoms with E-state index in [1.54, 1.807) is 17.8 Å². The zero-order chi connectivity index (χ0) is 11.4. The molecule has 0 aliphatic heterocycles. The standard InChI is InChI=1S/C11H11N3OS/c1-16-9-5-3-2-4-8(9)12-10-6-7-11(15)14-13-10/h2-7H,1H3,(H,12,13)(H,14,15). The smallest absolute Gasteiger partial charge is 0.264 e. The Bertz CT molecular complexity index is 518. The van der Waals surface area contributed by atoms with Crippen molar-refractivity contribution < 1.29 is 0 Å². The largest absolute Gasteiger partial charge is 0.338 e. The summed E-state index contributed by atoms with van der Waals surface area (Å²) in [4.78, 5) is 12.0. The molecule has 0 unspecified atom stereocenters. The van der Waals surface area contributed by atoms with Crippen molar-refractivity contribution in [3.05, 3.63) is 46.8 Å². The van der Waals surface area contributed by atoms with Crippen LogP contribution < -0.4 is 10.9 Å². The zero-order valence-corrected chi connectivity index (χ0v) is 9.54. The number of H-pyrrole nitrogens is 1. The van der Waals surface area contributed by atoms with Gasteiger partial charge in [0.15, 0.2) is 5.82 Å². The maximum atomic E-state index is 10.8. The van der Waals surface area contributed by atoms with E-state index in [1.165, 1.54) is 6.07 Å². The van der Waals surface area contributed by atoms with Gasteiger partial charge in [-0.15, -0.1) is 11.8 Å². The summed E-state index contributed by atoms with van der Waals surface area (Å²) in [6.45, 7) is 0. The van der Waals surface area contributed by atoms with E-state index >= 15 is 0 Å². The van der Waals surface area contributed by atoms with Gasteiger partial charge in [0.05, 0.1) is 5.69 Å². The first-order valence-electron chi connectivity index (χ1n) is 4.75. The quantitative estimate of drug-likeness (QED) is 0.798. The number of benzene rings is 1. The maximum absolute atomic E-state index is 10.8. The number of hydrogen-bond acceptors (Lipinski definition) is 4. The Hall–Kier alpha value is -1.75. The van der Waals surface area contributed by atoms with E-state index in [-0.39, 0.29) is 5.56 Å². The number of rotatable bonds is 3. The molecule has 0 atom stereocenters. The Kier molecular flexibility index (Phi) is 3.26. The number of thioether (sulfide) groups is 1. The highest BCUT2D eigenvalue weighted by Crippen LogP contribution is 2.26. The molecule has 2 rings (SSSR count). The fourth-order valence-corrected chi connectivity index (χ4v) is 1.85. The van der Waals surface area contributed by atoms with E-state index in [9.17, 15) is 4.79 Å². The molecular weight excluding hydrogens is 222 g/mol. The normalized spacial score (nSPS) is 10.1. The Morgan fingerprint density at radius 2 is 2.06 bits per heavy atom. The van der Waals surface area contributed by atoms with Crippen molar-refractivity contribution in [1.82, 2.24) is 10.2 Å². The first-order valence-corrected chi connectivity index (χ1v) is 5.98. The van der Waals surface area contributed by atoms with Gasteiger partial charge in [0.25, 0.3) is 5.56 Å². The fraction of sp³-hybridized carbons (Fsp3) is 0.0909. The lowest BCUT2D eigenvalue weighted by atomic mass is 10.3. The Balaban J connectivity index is 2.26. The molecule has 0 aliphatic carbocycles. The van der Waals surface area contributed by atoms with Gasteiger partial charge in [0, 0.05) is 11.0 Å². The van der Waals surface area contributed by atoms with E-state index in [0.717, 1.165) is 10.6 Å². The molecule has 1 aromatic heterocycles. The monoisotopic (exact) mass is 233 g/mol. The first kappa shape index (κ1) is 10.8. The molecular formula is C11H11N3OS. The van der Waals surface area contributed by atoms with Crippen molar-refractivity contribution in [3.8, 4) is 0 Å². The molecule has 0 spiro atoms. The molecule has 2 N–H and O–H groups in total. The molecule has 0 bridgehead atoms. The van der Waals surface area contributed by atoms with Gasteiger partial charge < -0.3 is 5.32 Å². The Morgan fingerprint density at radius 1 is 1.25 bits per heavy atom. The molecule has 0 radical (unpaired) electrons. The van der Waals surface area contributed by atoms with Crippen LogP contribution in [0.1, 0.15) is 0 Å². The highest BCUT2D eigenvalue weighted by molar-refractivity contribution is 7.98. The molecule has 1 aromatic carbocycles. The molecule has 0 amide bonds. The lowest BCUT2D eigenvalue weighted by molar-refractivity contribution is 0.993. The molecule has 5 heteroatoms. The van der Waals surface area contributed by atoms with Crippen molar-refractivity contribution in [2.75, 3.05) is 11.6 Å². The second-order valence-corrected chi connectivity index (χ2v) is 3.98. The van der Waals surface area contributed by atoms with Crippen LogP contribution in [0.15, 0.2) is 46.1 Å². The third-order valence-corrected chi connectivity index (χ3v) is 2.84. The van der Waals surface area contributed by atoms with Crippen molar-refractivity contribution >= 4 is 23.3 Å². The third kappa shape index (κ3) is 2.43. The summed E-state index contributed by atoms with van der Waals surface area (Å²) in [5.74, 6) is 0.626. The molecule has 4 nitrogen and oxygen atoms in total. The lowest BCUT2D eigenvalue weighted by Crippen LogP contribution is -2.07. The predicted molar refractivity (Wildman–Crippen MR) is 66.4 cm³/mol. The van der Waals surface area contributed by atoms with Crippen LogP contribution in [-0.2, 0) is 0 Å². The van der Waals surface area contributed by atoms with E-state index in [4.69, 9.17) is 0 Å². The van der Waals surface area contributed by atoms with Crippen LogP contribution in [0, 0.1) is 0 Å². The molecule has 1 heterocycles. The number of anilines is 2. The number of para-hydroxylation sites is 1. The summed E-state index contributed by atoms with van der Waals surface area (Å²) in [6, 6.07) is 11.0. The number of nitrogens with one attached hydrogen (secondary N) is 2. The molecule has 2 aromatic rings. The number of aromatic nitrogens is 2. The average Bonchev–Trinajstić information content (AvgIpc) is 2.33. The summed E-state index contributed by atoms with van der Waals surface area (Å²) >= 11 is 1.66. The summed E-state index contributed by atoms with van der Waals surface area (Å²) in [6.07, 6.45) is 2.01. The first-order chi connectivity index (χ1) is 7.79. The van der Waals surface area contributed by atoms with Crippen molar-refractivity contribution in [2.24, 2.45) is 0 Å². The molecule has 0 aliphatic rings. The van der Waals surface area contributed by atoms with Crippen LogP contribution >= 0.6 is 11.8 Å². The molecule has 0 fully saturated rings. The van der Waals surface area contributed by atoms with E-state index in [1.807, 2.05) is 30.5 Å². The molecule has 0 saturated heterocycles. The van der Waals surface area contributed by atoms with Crippen molar-refractivity contribution in [1.29, 1.82) is 0 Å². The van der Waals surface area contributed by atoms with E-state index in [2.05, 4.69) is 15.5 Å². The van der Waals surface area contributed by atoms with E-state index < -0.39 is 0 Å². The van der Waals surface area contributed by atoms with Crippen LogP contribution in [0.2, 0.25) is 0 Å². The Morgan fingerprint density at radius 3 is 2.75 bits per heavy atom. The maximum Gasteiger partial charge on any atom is 0.264 e. The zero-order valence-electron chi connectivity index (χ0n) is 8.73. The average molecular weight is 233 g/mol. The minimum atomic E-state index is -0.205. The van der Waals surface area contributed by atoms with Gasteiger partial charge in [-0.2, -0.15) is 5.10 Å². The van der Waals surface area contributed by atoms with Gasteiger partial charge in [-0.3, -0.25) is 4.79 Å². The summed E-state index contributed by atoms with van der Waals surface area (Å²) in [5.41, 5.74) is 0.776. The predicted octanol–water partition coefficient (Wildman–Crippen LogP) is 2.24. The van der Waals surface area contributed by atoms with Crippen LogP contribution in [0.5, 0.6) is 0 Å². The minimum absolute atomic E-state index is 0.205. The lowest BCUT2D eigenvalue weighted by Gasteiger charge is -2.08. The van der Waals surface area contributed by atoms with Crippen molar-refractivity contribution in [3.63, 3.8) is 0 Å². The summed E-state index contributed by atoms with van der Waals surface area (Å²) in [5, 5.41) is 9.42. The third-order valence-electron chi connectivity index (χ3n) is 2.05. The summed E-state index contributed by atoms with van der Waals surface area (Å²) < 4.78 is 0. The number of hydrogen-bond donors (Lipinski definition) is 2. The highest BCUT2D eigenvalue weighted by atomic mass is 32.2. The molecule has 82 valence electrons. The number of nitrogens with zero attached hydrogens (tertiary/aromatic N) is 1. The second kappa shape index (κ2) is 4.85. The van der Waals surface area contributed by atoms with Gasteiger partial charge in [0.1, 0.15) is 0 Å². The van der Waals surface area contributed by atoms with Gasteiger partial charge >= 0.3 is 0 Å². The van der Waals surface area contributed by atoms with Crippen LogP contribution in [-0.4, -0.2) is 16.5 Å². The Labute approximate surface area is 97.1 Å². The molecule has 16 heavy (non-hydrogen) atoms. The molecule has 0 saturated carbocycles. The minimum Gasteiger partial charge on any atom is -0.338 e. The van der Waals surface area contributed by atoms with Crippen LogP contribution in [0.4, 0.5) is 11.5 Å². The van der Waals surface area contributed by atoms with Gasteiger partial charge in [-0.1, -0.05) is 12.1 Å². The topological polar surface area (TPSA) is 57.8 Å². The van der Waals surface area contributed by atoms with Gasteiger partial charge in [0.2, 0.25) is 0 Å². The summed E-state index contributed by atoms with van der Waals surface area (Å²) in [7, 11) is 0. The van der Waals surface area contributed by atoms with Crippen molar-refractivity contribution in [2.45, 2.75) is 4.90 Å². The van der Waals surface area contributed by atoms with E-state index in [0.29, 0.717) is 5.82 Å². The van der Waals surface area contributed by atoms with Crippen LogP contribution in [0.25, 0.3) is 0 Å². The SMILES string of the molecule is CSc1ccccc1Nc1ccc(=O)[nH]n1. The fourth-order valence-electron chi connectivity index (χ4n) is 1.30. The van der Waals surface area contributed by atoms with Crippen LogP contribution in [0.3, 0.4) is 0 Å².